The van der Waals surface area contributed by atoms with Crippen LogP contribution in [0.3, 0.4) is 0 Å². The van der Waals surface area contributed by atoms with Crippen LogP contribution in [0.5, 0.6) is 0 Å². The number of amides is 1. The summed E-state index contributed by atoms with van der Waals surface area (Å²) in [6.07, 6.45) is 2.11. The smallest absolute Gasteiger partial charge is 0.243 e. The largest absolute Gasteiger partial charge is 0.326 e. The molecular formula is C22H28N2O3S. The number of benzene rings is 2. The summed E-state index contributed by atoms with van der Waals surface area (Å²) in [5.41, 5.74) is 1.72. The van der Waals surface area contributed by atoms with Gasteiger partial charge in [0.2, 0.25) is 15.9 Å². The van der Waals surface area contributed by atoms with Crippen LogP contribution in [0.25, 0.3) is 0 Å². The number of carbonyl (C=O) groups excluding carboxylic acids is 1. The maximum Gasteiger partial charge on any atom is 0.243 e. The standard InChI is InChI=1S/C22H28N2O3S/c1-17-14-18(2)16-24(15-17)28(26,27)21-11-9-20(10-12-21)23-22(25)13-8-19-6-4-3-5-7-19/h3-7,9-12,17-18H,8,13-16H2,1-2H3,(H,23,25)/t17-,18-/m1/s1. The molecule has 0 saturated carbocycles. The monoisotopic (exact) mass is 400 g/mol. The Balaban J connectivity index is 1.60. The highest BCUT2D eigenvalue weighted by Crippen LogP contribution is 2.27. The number of sulfonamides is 1. The predicted molar refractivity (Wildman–Crippen MR) is 112 cm³/mol. The number of anilines is 1. The van der Waals surface area contributed by atoms with Gasteiger partial charge in [-0.25, -0.2) is 8.42 Å². The number of rotatable bonds is 6. The quantitative estimate of drug-likeness (QED) is 0.799. The van der Waals surface area contributed by atoms with Gasteiger partial charge in [0.15, 0.2) is 0 Å². The zero-order chi connectivity index (χ0) is 20.1. The van der Waals surface area contributed by atoms with E-state index in [2.05, 4.69) is 19.2 Å². The molecule has 3 rings (SSSR count). The van der Waals surface area contributed by atoms with Crippen LogP contribution in [-0.2, 0) is 21.2 Å². The molecule has 0 spiro atoms. The predicted octanol–water partition coefficient (Wildman–Crippen LogP) is 3.92. The van der Waals surface area contributed by atoms with Crippen molar-refractivity contribution in [1.82, 2.24) is 4.31 Å². The van der Waals surface area contributed by atoms with Gasteiger partial charge >= 0.3 is 0 Å². The fourth-order valence-electron chi connectivity index (χ4n) is 3.79. The van der Waals surface area contributed by atoms with E-state index in [1.54, 1.807) is 28.6 Å². The Hall–Kier alpha value is -2.18. The normalized spacial score (nSPS) is 20.6. The molecule has 1 aliphatic heterocycles. The highest BCUT2D eigenvalue weighted by atomic mass is 32.2. The fourth-order valence-corrected chi connectivity index (χ4v) is 5.47. The summed E-state index contributed by atoms with van der Waals surface area (Å²) in [5.74, 6) is 0.640. The van der Waals surface area contributed by atoms with Crippen molar-refractivity contribution in [2.24, 2.45) is 11.8 Å². The molecule has 0 radical (unpaired) electrons. The fraction of sp³-hybridized carbons (Fsp3) is 0.409. The van der Waals surface area contributed by atoms with E-state index in [1.165, 1.54) is 0 Å². The summed E-state index contributed by atoms with van der Waals surface area (Å²) in [6.45, 7) is 5.30. The SMILES string of the molecule is C[C@@H]1C[C@@H](C)CN(S(=O)(=O)c2ccc(NC(=O)CCc3ccccc3)cc2)C1. The molecule has 0 bridgehead atoms. The van der Waals surface area contributed by atoms with Crippen LogP contribution >= 0.6 is 0 Å². The Bertz CT molecular complexity index is 885. The van der Waals surface area contributed by atoms with Crippen LogP contribution in [0, 0.1) is 11.8 Å². The third kappa shape index (κ3) is 5.20. The summed E-state index contributed by atoms with van der Waals surface area (Å²) in [7, 11) is -3.50. The van der Waals surface area contributed by atoms with Crippen LogP contribution in [0.1, 0.15) is 32.3 Å². The van der Waals surface area contributed by atoms with Gasteiger partial charge in [-0.3, -0.25) is 4.79 Å². The Labute approximate surface area is 167 Å². The van der Waals surface area contributed by atoms with Gasteiger partial charge < -0.3 is 5.32 Å². The molecule has 0 aliphatic carbocycles. The molecule has 150 valence electrons. The van der Waals surface area contributed by atoms with E-state index in [9.17, 15) is 13.2 Å². The molecule has 2 aromatic carbocycles. The lowest BCUT2D eigenvalue weighted by Crippen LogP contribution is -2.42. The minimum atomic E-state index is -3.50. The zero-order valence-electron chi connectivity index (χ0n) is 16.5. The van der Waals surface area contributed by atoms with Gasteiger partial charge in [0.1, 0.15) is 0 Å². The molecule has 0 unspecified atom stereocenters. The van der Waals surface area contributed by atoms with Crippen molar-refractivity contribution in [1.29, 1.82) is 0 Å². The Morgan fingerprint density at radius 1 is 1.00 bits per heavy atom. The van der Waals surface area contributed by atoms with Crippen molar-refractivity contribution in [3.63, 3.8) is 0 Å². The lowest BCUT2D eigenvalue weighted by atomic mass is 9.94. The van der Waals surface area contributed by atoms with E-state index in [-0.39, 0.29) is 10.8 Å². The third-order valence-electron chi connectivity index (χ3n) is 5.09. The van der Waals surface area contributed by atoms with Crippen LogP contribution in [0.2, 0.25) is 0 Å². The number of nitrogens with one attached hydrogen (secondary N) is 1. The van der Waals surface area contributed by atoms with Gasteiger partial charge in [-0.15, -0.1) is 0 Å². The number of aryl methyl sites for hydroxylation is 1. The Kier molecular flexibility index (Phi) is 6.52. The molecule has 0 aromatic heterocycles. The van der Waals surface area contributed by atoms with Gasteiger partial charge in [-0.05, 0) is 54.5 Å². The van der Waals surface area contributed by atoms with Crippen molar-refractivity contribution in [2.75, 3.05) is 18.4 Å². The topological polar surface area (TPSA) is 66.5 Å². The molecule has 2 atom stereocenters. The van der Waals surface area contributed by atoms with Gasteiger partial charge in [-0.2, -0.15) is 4.31 Å². The lowest BCUT2D eigenvalue weighted by molar-refractivity contribution is -0.116. The second kappa shape index (κ2) is 8.88. The second-order valence-electron chi connectivity index (χ2n) is 7.83. The van der Waals surface area contributed by atoms with Gasteiger partial charge in [0.05, 0.1) is 4.90 Å². The van der Waals surface area contributed by atoms with E-state index in [0.717, 1.165) is 12.0 Å². The number of hydrogen-bond acceptors (Lipinski definition) is 3. The first-order valence-electron chi connectivity index (χ1n) is 9.78. The van der Waals surface area contributed by atoms with Crippen LogP contribution in [0.4, 0.5) is 5.69 Å². The minimum absolute atomic E-state index is 0.0851. The first kappa shape index (κ1) is 20.6. The summed E-state index contributed by atoms with van der Waals surface area (Å²) >= 11 is 0. The van der Waals surface area contributed by atoms with E-state index >= 15 is 0 Å². The number of nitrogens with zero attached hydrogens (tertiary/aromatic N) is 1. The molecule has 1 amide bonds. The maximum atomic E-state index is 12.9. The van der Waals surface area contributed by atoms with Gasteiger partial charge in [-0.1, -0.05) is 44.2 Å². The van der Waals surface area contributed by atoms with Crippen molar-refractivity contribution in [3.05, 3.63) is 60.2 Å². The highest BCUT2D eigenvalue weighted by Gasteiger charge is 2.31. The van der Waals surface area contributed by atoms with Crippen molar-refractivity contribution in [3.8, 4) is 0 Å². The van der Waals surface area contributed by atoms with Crippen LogP contribution < -0.4 is 5.32 Å². The van der Waals surface area contributed by atoms with Gasteiger partial charge in [0, 0.05) is 25.2 Å². The summed E-state index contributed by atoms with van der Waals surface area (Å²) in [6, 6.07) is 16.3. The molecule has 5 nitrogen and oxygen atoms in total. The number of piperidine rings is 1. The molecule has 6 heteroatoms. The van der Waals surface area contributed by atoms with Crippen LogP contribution in [0.15, 0.2) is 59.5 Å². The summed E-state index contributed by atoms with van der Waals surface area (Å²) in [5, 5.41) is 2.84. The van der Waals surface area contributed by atoms with Gasteiger partial charge in [0.25, 0.3) is 0 Å². The molecule has 1 fully saturated rings. The molecule has 1 N–H and O–H groups in total. The molecule has 1 aliphatic rings. The van der Waals surface area contributed by atoms with E-state index in [4.69, 9.17) is 0 Å². The highest BCUT2D eigenvalue weighted by molar-refractivity contribution is 7.89. The van der Waals surface area contributed by atoms with E-state index < -0.39 is 10.0 Å². The lowest BCUT2D eigenvalue weighted by Gasteiger charge is -2.34. The minimum Gasteiger partial charge on any atom is -0.326 e. The van der Waals surface area contributed by atoms with E-state index in [0.29, 0.717) is 43.5 Å². The third-order valence-corrected chi connectivity index (χ3v) is 6.94. The molecule has 2 aromatic rings. The Morgan fingerprint density at radius 3 is 2.21 bits per heavy atom. The van der Waals surface area contributed by atoms with E-state index in [1.807, 2.05) is 30.3 Å². The van der Waals surface area contributed by atoms with Crippen molar-refractivity contribution >= 4 is 21.6 Å². The van der Waals surface area contributed by atoms with Crippen molar-refractivity contribution in [2.45, 2.75) is 38.0 Å². The first-order valence-corrected chi connectivity index (χ1v) is 11.2. The number of carbonyl (C=O) groups is 1. The molecule has 1 saturated heterocycles. The average molecular weight is 401 g/mol. The molecule has 28 heavy (non-hydrogen) atoms. The molecular weight excluding hydrogens is 372 g/mol. The van der Waals surface area contributed by atoms with Crippen LogP contribution in [-0.4, -0.2) is 31.7 Å². The number of hydrogen-bond donors (Lipinski definition) is 1. The zero-order valence-corrected chi connectivity index (χ0v) is 17.3. The second-order valence-corrected chi connectivity index (χ2v) is 9.76. The van der Waals surface area contributed by atoms with Crippen molar-refractivity contribution < 1.29 is 13.2 Å². The maximum absolute atomic E-state index is 12.9. The average Bonchev–Trinajstić information content (AvgIpc) is 2.67. The Morgan fingerprint density at radius 2 is 1.61 bits per heavy atom. The summed E-state index contributed by atoms with van der Waals surface area (Å²) < 4.78 is 27.4. The summed E-state index contributed by atoms with van der Waals surface area (Å²) in [4.78, 5) is 12.4. The molecule has 1 heterocycles. The first-order chi connectivity index (χ1) is 13.3.